The zero-order chi connectivity index (χ0) is 13.5. The van der Waals surface area contributed by atoms with Gasteiger partial charge in [-0.05, 0) is 42.0 Å². The van der Waals surface area contributed by atoms with Crippen molar-refractivity contribution < 1.29 is 14.0 Å². The lowest BCUT2D eigenvalue weighted by Crippen LogP contribution is -2.10. The Hall–Kier alpha value is -2.76. The zero-order valence-corrected chi connectivity index (χ0v) is 9.79. The molecule has 2 rings (SSSR count). The Kier molecular flexibility index (Phi) is 4.17. The van der Waals surface area contributed by atoms with E-state index in [4.69, 9.17) is 0 Å². The van der Waals surface area contributed by atoms with E-state index in [9.17, 15) is 9.18 Å². The summed E-state index contributed by atoms with van der Waals surface area (Å²) in [6.45, 7) is 0. The minimum atomic E-state index is -0.753. The van der Waals surface area contributed by atoms with Gasteiger partial charge >= 0.3 is 6.09 Å². The second-order valence-electron chi connectivity index (χ2n) is 3.53. The molecule has 2 aromatic rings. The molecule has 0 aliphatic rings. The first-order valence-electron chi connectivity index (χ1n) is 5.41. The molecule has 96 valence electrons. The molecule has 19 heavy (non-hydrogen) atoms. The molecule has 0 aliphatic carbocycles. The van der Waals surface area contributed by atoms with Crippen LogP contribution in [-0.4, -0.2) is 17.3 Å². The number of benzene rings is 1. The Bertz CT molecular complexity index is 570. The predicted octanol–water partition coefficient (Wildman–Crippen LogP) is 2.80. The highest BCUT2D eigenvalue weighted by Gasteiger charge is 2.02. The van der Waals surface area contributed by atoms with Gasteiger partial charge < -0.3 is 0 Å². The summed E-state index contributed by atoms with van der Waals surface area (Å²) in [5.41, 5.74) is 1.18. The van der Waals surface area contributed by atoms with Gasteiger partial charge in [0, 0.05) is 18.1 Å². The van der Waals surface area contributed by atoms with Crippen molar-refractivity contribution in [1.82, 2.24) is 4.98 Å². The molecule has 0 atom stereocenters. The monoisotopic (exact) mass is 259 g/mol. The van der Waals surface area contributed by atoms with E-state index in [0.717, 1.165) is 5.56 Å². The lowest BCUT2D eigenvalue weighted by molar-refractivity contribution is 0.167. The molecular formula is C13H10FN3O2. The summed E-state index contributed by atoms with van der Waals surface area (Å²) in [6, 6.07) is 8.73. The number of hydrogen-bond acceptors (Lipinski definition) is 4. The van der Waals surface area contributed by atoms with Crippen LogP contribution in [0.4, 0.5) is 14.9 Å². The van der Waals surface area contributed by atoms with Crippen molar-refractivity contribution >= 4 is 18.0 Å². The number of carbonyl (C=O) groups is 1. The average molecular weight is 259 g/mol. The summed E-state index contributed by atoms with van der Waals surface area (Å²) < 4.78 is 12.6. The van der Waals surface area contributed by atoms with E-state index in [-0.39, 0.29) is 5.82 Å². The van der Waals surface area contributed by atoms with Gasteiger partial charge in [-0.2, -0.15) is 0 Å². The summed E-state index contributed by atoms with van der Waals surface area (Å²) in [7, 11) is 0. The highest BCUT2D eigenvalue weighted by Crippen LogP contribution is 2.08. The molecule has 5 nitrogen and oxygen atoms in total. The van der Waals surface area contributed by atoms with E-state index in [1.807, 2.05) is 0 Å². The summed E-state index contributed by atoms with van der Waals surface area (Å²) >= 11 is 0. The highest BCUT2D eigenvalue weighted by molar-refractivity contribution is 5.85. The van der Waals surface area contributed by atoms with Gasteiger partial charge in [0.1, 0.15) is 5.82 Å². The number of halogens is 1. The van der Waals surface area contributed by atoms with Crippen LogP contribution in [0.3, 0.4) is 0 Å². The first-order valence-corrected chi connectivity index (χ1v) is 5.41. The molecule has 1 aromatic carbocycles. The number of hydrogen-bond donors (Lipinski definition) is 1. The average Bonchev–Trinajstić information content (AvgIpc) is 2.43. The van der Waals surface area contributed by atoms with Crippen LogP contribution in [0.2, 0.25) is 0 Å². The van der Waals surface area contributed by atoms with E-state index >= 15 is 0 Å². The lowest BCUT2D eigenvalue weighted by atomic mass is 10.3. The number of aromatic nitrogens is 1. The van der Waals surface area contributed by atoms with Crippen LogP contribution in [0.5, 0.6) is 0 Å². The molecule has 1 amide bonds. The predicted molar refractivity (Wildman–Crippen MR) is 68.3 cm³/mol. The van der Waals surface area contributed by atoms with Gasteiger partial charge in [-0.3, -0.25) is 15.1 Å². The highest BCUT2D eigenvalue weighted by atomic mass is 19.1. The van der Waals surface area contributed by atoms with E-state index in [0.29, 0.717) is 5.69 Å². The van der Waals surface area contributed by atoms with E-state index in [2.05, 4.69) is 20.3 Å². The van der Waals surface area contributed by atoms with Crippen LogP contribution in [0, 0.1) is 5.82 Å². The molecule has 0 spiro atoms. The molecule has 1 aromatic heterocycles. The smallest absolute Gasteiger partial charge is 0.298 e. The fourth-order valence-electron chi connectivity index (χ4n) is 1.26. The van der Waals surface area contributed by atoms with Crippen LogP contribution in [0.15, 0.2) is 53.9 Å². The molecule has 1 N–H and O–H groups in total. The third kappa shape index (κ3) is 4.19. The van der Waals surface area contributed by atoms with E-state index in [1.54, 1.807) is 24.5 Å². The van der Waals surface area contributed by atoms with Crippen LogP contribution in [0.25, 0.3) is 0 Å². The maximum Gasteiger partial charge on any atom is 0.437 e. The summed E-state index contributed by atoms with van der Waals surface area (Å²) in [4.78, 5) is 19.8. The van der Waals surface area contributed by atoms with Gasteiger partial charge in [0.2, 0.25) is 0 Å². The molecular weight excluding hydrogens is 249 g/mol. The fourth-order valence-corrected chi connectivity index (χ4v) is 1.26. The Morgan fingerprint density at radius 2 is 1.89 bits per heavy atom. The fraction of sp³-hybridized carbons (Fsp3) is 0. The normalized spacial score (nSPS) is 10.4. The van der Waals surface area contributed by atoms with Gasteiger partial charge in [0.05, 0.1) is 6.21 Å². The number of anilines is 1. The minimum Gasteiger partial charge on any atom is -0.298 e. The Morgan fingerprint density at radius 1 is 1.21 bits per heavy atom. The summed E-state index contributed by atoms with van der Waals surface area (Å²) in [6.07, 6.45) is 3.82. The number of pyridine rings is 1. The first-order chi connectivity index (χ1) is 9.24. The van der Waals surface area contributed by atoms with Crippen molar-refractivity contribution in [3.05, 3.63) is 60.2 Å². The Morgan fingerprint density at radius 3 is 2.58 bits per heavy atom. The number of oxime groups is 1. The third-order valence-electron chi connectivity index (χ3n) is 2.13. The molecule has 6 heteroatoms. The zero-order valence-electron chi connectivity index (χ0n) is 9.79. The number of rotatable bonds is 3. The molecule has 0 aliphatic heterocycles. The number of nitrogens with zero attached hydrogens (tertiary/aromatic N) is 2. The van der Waals surface area contributed by atoms with E-state index < -0.39 is 6.09 Å². The molecule has 0 fully saturated rings. The second-order valence-corrected chi connectivity index (χ2v) is 3.53. The topological polar surface area (TPSA) is 63.6 Å². The number of nitrogens with one attached hydrogen (secondary N) is 1. The molecule has 0 saturated heterocycles. The number of carbonyl (C=O) groups excluding carboxylic acids is 1. The first kappa shape index (κ1) is 12.7. The van der Waals surface area contributed by atoms with Gasteiger partial charge in [-0.15, -0.1) is 0 Å². The maximum absolute atomic E-state index is 12.6. The molecule has 1 heterocycles. The third-order valence-corrected chi connectivity index (χ3v) is 2.13. The van der Waals surface area contributed by atoms with Crippen molar-refractivity contribution in [2.24, 2.45) is 5.16 Å². The van der Waals surface area contributed by atoms with Gasteiger partial charge in [0.15, 0.2) is 0 Å². The van der Waals surface area contributed by atoms with Crippen LogP contribution < -0.4 is 5.32 Å². The Labute approximate surface area is 108 Å². The molecule has 0 unspecified atom stereocenters. The quantitative estimate of drug-likeness (QED) is 0.523. The van der Waals surface area contributed by atoms with Crippen molar-refractivity contribution in [2.75, 3.05) is 5.32 Å². The van der Waals surface area contributed by atoms with Gasteiger partial charge in [-0.25, -0.2) is 9.18 Å². The van der Waals surface area contributed by atoms with Gasteiger partial charge in [-0.1, -0.05) is 5.16 Å². The molecule has 0 radical (unpaired) electrons. The minimum absolute atomic E-state index is 0.380. The SMILES string of the molecule is O=C(Nc1ccc(F)cc1)O/N=C/c1ccncc1. The van der Waals surface area contributed by atoms with Crippen molar-refractivity contribution in [3.8, 4) is 0 Å². The summed E-state index contributed by atoms with van der Waals surface area (Å²) in [5, 5.41) is 5.92. The van der Waals surface area contributed by atoms with Gasteiger partial charge in [0.25, 0.3) is 0 Å². The van der Waals surface area contributed by atoms with Crippen molar-refractivity contribution in [3.63, 3.8) is 0 Å². The summed E-state index contributed by atoms with van der Waals surface area (Å²) in [5.74, 6) is -0.380. The molecule has 0 bridgehead atoms. The second kappa shape index (κ2) is 6.25. The van der Waals surface area contributed by atoms with Crippen LogP contribution in [0.1, 0.15) is 5.56 Å². The molecule has 0 saturated carbocycles. The standard InChI is InChI=1S/C13H10FN3O2/c14-11-1-3-12(4-2-11)17-13(18)19-16-9-10-5-7-15-8-6-10/h1-9H,(H,17,18)/b16-9+. The van der Waals surface area contributed by atoms with Crippen LogP contribution >= 0.6 is 0 Å². The Balaban J connectivity index is 1.85. The lowest BCUT2D eigenvalue weighted by Gasteiger charge is -2.01. The van der Waals surface area contributed by atoms with Crippen molar-refractivity contribution in [1.29, 1.82) is 0 Å². The van der Waals surface area contributed by atoms with E-state index in [1.165, 1.54) is 30.5 Å². The largest absolute Gasteiger partial charge is 0.437 e. The van der Waals surface area contributed by atoms with Crippen molar-refractivity contribution in [2.45, 2.75) is 0 Å². The van der Waals surface area contributed by atoms with Crippen LogP contribution in [-0.2, 0) is 4.84 Å². The maximum atomic E-state index is 12.6. The number of amides is 1.